The Morgan fingerprint density at radius 1 is 0.848 bits per heavy atom. The average molecular weight is 443 g/mol. The van der Waals surface area contributed by atoms with Crippen molar-refractivity contribution >= 4 is 23.4 Å². The summed E-state index contributed by atoms with van der Waals surface area (Å²) in [5.41, 5.74) is 1.21. The Kier molecular flexibility index (Phi) is 6.26. The number of nitro benzene ring substituents is 1. The van der Waals surface area contributed by atoms with Crippen molar-refractivity contribution in [1.82, 2.24) is 9.80 Å². The quantitative estimate of drug-likeness (QED) is 0.301. The second-order valence-corrected chi connectivity index (χ2v) is 7.69. The van der Waals surface area contributed by atoms with Gasteiger partial charge in [-0.05, 0) is 23.6 Å². The van der Waals surface area contributed by atoms with Gasteiger partial charge in [-0.1, -0.05) is 66.7 Å². The second-order valence-electron chi connectivity index (χ2n) is 7.69. The molecule has 0 saturated heterocycles. The van der Waals surface area contributed by atoms with Crippen LogP contribution in [-0.4, -0.2) is 45.5 Å². The van der Waals surface area contributed by atoms with Crippen LogP contribution < -0.4 is 0 Å². The number of nitro groups is 1. The number of hydrogen-bond donors (Lipinski definition) is 0. The summed E-state index contributed by atoms with van der Waals surface area (Å²) >= 11 is 0. The van der Waals surface area contributed by atoms with Crippen molar-refractivity contribution < 1.29 is 19.3 Å². The highest BCUT2D eigenvalue weighted by atomic mass is 16.6. The van der Waals surface area contributed by atoms with Gasteiger partial charge in [-0.3, -0.25) is 29.4 Å². The van der Waals surface area contributed by atoms with Crippen molar-refractivity contribution in [3.05, 3.63) is 111 Å². The van der Waals surface area contributed by atoms with E-state index in [-0.39, 0.29) is 11.1 Å². The van der Waals surface area contributed by atoms with Crippen LogP contribution in [0.3, 0.4) is 0 Å². The molecule has 166 valence electrons. The molecule has 1 heterocycles. The summed E-state index contributed by atoms with van der Waals surface area (Å²) < 4.78 is 0. The number of rotatable bonds is 8. The number of carbonyl (C=O) groups excluding carboxylic acids is 3. The zero-order valence-electron chi connectivity index (χ0n) is 17.7. The molecular weight excluding hydrogens is 422 g/mol. The summed E-state index contributed by atoms with van der Waals surface area (Å²) in [7, 11) is 0. The lowest BCUT2D eigenvalue weighted by Gasteiger charge is -2.25. The molecule has 1 aliphatic heterocycles. The summed E-state index contributed by atoms with van der Waals surface area (Å²) in [6, 6.07) is 23.0. The molecule has 33 heavy (non-hydrogen) atoms. The molecule has 8 heteroatoms. The Morgan fingerprint density at radius 3 is 2.12 bits per heavy atom. The van der Waals surface area contributed by atoms with E-state index in [1.807, 2.05) is 60.7 Å². The molecule has 3 aromatic rings. The maximum absolute atomic E-state index is 13.2. The molecule has 0 aromatic heterocycles. The third-order valence-corrected chi connectivity index (χ3v) is 5.55. The van der Waals surface area contributed by atoms with Crippen molar-refractivity contribution in [2.75, 3.05) is 13.1 Å². The number of fused-ring (bicyclic) bond motifs is 1. The summed E-state index contributed by atoms with van der Waals surface area (Å²) in [6.07, 6.45) is 0.604. The van der Waals surface area contributed by atoms with Crippen molar-refractivity contribution in [2.45, 2.75) is 13.0 Å². The Morgan fingerprint density at radius 2 is 1.48 bits per heavy atom. The van der Waals surface area contributed by atoms with Crippen LogP contribution >= 0.6 is 0 Å². The molecule has 0 aliphatic carbocycles. The van der Waals surface area contributed by atoms with E-state index in [4.69, 9.17) is 0 Å². The van der Waals surface area contributed by atoms with E-state index in [0.717, 1.165) is 16.0 Å². The summed E-state index contributed by atoms with van der Waals surface area (Å²) in [6.45, 7) is 0.224. The van der Waals surface area contributed by atoms with Crippen LogP contribution in [0.2, 0.25) is 0 Å². The van der Waals surface area contributed by atoms with Gasteiger partial charge < -0.3 is 4.90 Å². The number of carbonyl (C=O) groups is 3. The molecule has 3 amide bonds. The van der Waals surface area contributed by atoms with E-state index in [1.165, 1.54) is 18.2 Å². The average Bonchev–Trinajstić information content (AvgIpc) is 3.07. The molecule has 8 nitrogen and oxygen atoms in total. The monoisotopic (exact) mass is 443 g/mol. The molecule has 0 bridgehead atoms. The summed E-state index contributed by atoms with van der Waals surface area (Å²) in [4.78, 5) is 51.9. The molecule has 3 aromatic carbocycles. The Balaban J connectivity index is 1.54. The SMILES string of the molecule is O=C(CN1C(=O)c2cccc([N+](=O)[O-])c2C1=O)N(CCc1ccccc1)Cc1ccccc1. The molecule has 1 aliphatic rings. The summed E-state index contributed by atoms with van der Waals surface area (Å²) in [5, 5.41) is 11.3. The van der Waals surface area contributed by atoms with Crippen LogP contribution in [-0.2, 0) is 17.8 Å². The molecule has 0 unspecified atom stereocenters. The molecular formula is C25H21N3O5. The highest BCUT2D eigenvalue weighted by molar-refractivity contribution is 6.24. The van der Waals surface area contributed by atoms with Gasteiger partial charge in [0.05, 0.1) is 10.5 Å². The predicted molar refractivity (Wildman–Crippen MR) is 120 cm³/mol. The minimum atomic E-state index is -0.821. The van der Waals surface area contributed by atoms with Crippen LogP contribution in [0.15, 0.2) is 78.9 Å². The lowest BCUT2D eigenvalue weighted by atomic mass is 10.1. The molecule has 0 spiro atoms. The van der Waals surface area contributed by atoms with Gasteiger partial charge in [-0.25, -0.2) is 0 Å². The van der Waals surface area contributed by atoms with E-state index in [2.05, 4.69) is 0 Å². The molecule has 4 rings (SSSR count). The number of imide groups is 1. The number of benzene rings is 3. The fourth-order valence-corrected chi connectivity index (χ4v) is 3.85. The van der Waals surface area contributed by atoms with Crippen LogP contribution in [0, 0.1) is 10.1 Å². The van der Waals surface area contributed by atoms with E-state index in [0.29, 0.717) is 19.5 Å². The standard InChI is InChI=1S/C25H21N3O5/c29-22(17-27-24(30)20-12-7-13-21(28(32)33)23(20)25(27)31)26(16-19-10-5-2-6-11-19)15-14-18-8-3-1-4-9-18/h1-13H,14-17H2. The van der Waals surface area contributed by atoms with Crippen molar-refractivity contribution in [1.29, 1.82) is 0 Å². The van der Waals surface area contributed by atoms with Crippen molar-refractivity contribution in [3.8, 4) is 0 Å². The fraction of sp³-hybridized carbons (Fsp3) is 0.160. The Bertz CT molecular complexity index is 1210. The van der Waals surface area contributed by atoms with Gasteiger partial charge in [0, 0.05) is 19.2 Å². The maximum Gasteiger partial charge on any atom is 0.282 e. The van der Waals surface area contributed by atoms with Gasteiger partial charge in [0.15, 0.2) is 0 Å². The molecule has 0 saturated carbocycles. The first-order chi connectivity index (χ1) is 16.0. The lowest BCUT2D eigenvalue weighted by Crippen LogP contribution is -2.43. The first kappa shape index (κ1) is 21.9. The van der Waals surface area contributed by atoms with Crippen LogP contribution in [0.1, 0.15) is 31.8 Å². The van der Waals surface area contributed by atoms with Crippen LogP contribution in [0.25, 0.3) is 0 Å². The zero-order valence-corrected chi connectivity index (χ0v) is 17.7. The Hall–Kier alpha value is -4.33. The first-order valence-electron chi connectivity index (χ1n) is 10.4. The van der Waals surface area contributed by atoms with Gasteiger partial charge in [-0.2, -0.15) is 0 Å². The molecule has 0 fully saturated rings. The van der Waals surface area contributed by atoms with Gasteiger partial charge in [0.2, 0.25) is 5.91 Å². The van der Waals surface area contributed by atoms with Crippen LogP contribution in [0.4, 0.5) is 5.69 Å². The largest absolute Gasteiger partial charge is 0.336 e. The van der Waals surface area contributed by atoms with E-state index in [1.54, 1.807) is 4.90 Å². The lowest BCUT2D eigenvalue weighted by molar-refractivity contribution is -0.385. The van der Waals surface area contributed by atoms with Gasteiger partial charge in [0.1, 0.15) is 12.1 Å². The van der Waals surface area contributed by atoms with Gasteiger partial charge in [-0.15, -0.1) is 0 Å². The Labute approximate surface area is 190 Å². The normalized spacial score (nSPS) is 12.5. The molecule has 0 N–H and O–H groups in total. The van der Waals surface area contributed by atoms with E-state index < -0.39 is 34.9 Å². The third-order valence-electron chi connectivity index (χ3n) is 5.55. The van der Waals surface area contributed by atoms with Gasteiger partial charge in [0.25, 0.3) is 17.5 Å². The second kappa shape index (κ2) is 9.44. The maximum atomic E-state index is 13.2. The first-order valence-corrected chi connectivity index (χ1v) is 10.4. The van der Waals surface area contributed by atoms with Crippen molar-refractivity contribution in [3.63, 3.8) is 0 Å². The van der Waals surface area contributed by atoms with E-state index >= 15 is 0 Å². The smallest absolute Gasteiger partial charge is 0.282 e. The topological polar surface area (TPSA) is 101 Å². The minimum absolute atomic E-state index is 0.0547. The van der Waals surface area contributed by atoms with Crippen LogP contribution in [0.5, 0.6) is 0 Å². The number of nitrogens with zero attached hydrogens (tertiary/aromatic N) is 3. The number of hydrogen-bond acceptors (Lipinski definition) is 5. The predicted octanol–water partition coefficient (Wildman–Crippen LogP) is 3.46. The third kappa shape index (κ3) is 4.64. The molecule has 0 atom stereocenters. The highest BCUT2D eigenvalue weighted by Gasteiger charge is 2.42. The van der Waals surface area contributed by atoms with Crippen molar-refractivity contribution in [2.24, 2.45) is 0 Å². The zero-order chi connectivity index (χ0) is 23.4. The van der Waals surface area contributed by atoms with Gasteiger partial charge >= 0.3 is 0 Å². The molecule has 0 radical (unpaired) electrons. The van der Waals surface area contributed by atoms with E-state index in [9.17, 15) is 24.5 Å². The fourth-order valence-electron chi connectivity index (χ4n) is 3.85. The minimum Gasteiger partial charge on any atom is -0.336 e. The number of amides is 3. The highest BCUT2D eigenvalue weighted by Crippen LogP contribution is 2.30. The summed E-state index contributed by atoms with van der Waals surface area (Å²) in [5.74, 6) is -1.93.